The fourth-order valence-electron chi connectivity index (χ4n) is 1.67. The summed E-state index contributed by atoms with van der Waals surface area (Å²) in [6.07, 6.45) is 3.37. The molecule has 0 unspecified atom stereocenters. The number of nitriles is 1. The van der Waals surface area contributed by atoms with Crippen molar-refractivity contribution < 1.29 is 9.53 Å². The van der Waals surface area contributed by atoms with Crippen LogP contribution in [0.25, 0.3) is 17.0 Å². The summed E-state index contributed by atoms with van der Waals surface area (Å²) in [4.78, 5) is 14.5. The van der Waals surface area contributed by atoms with Gasteiger partial charge in [-0.15, -0.1) is 0 Å². The molecule has 0 spiro atoms. The second kappa shape index (κ2) is 5.19. The van der Waals surface area contributed by atoms with Crippen molar-refractivity contribution in [1.29, 1.82) is 5.26 Å². The fourth-order valence-corrected chi connectivity index (χ4v) is 1.67. The quantitative estimate of drug-likeness (QED) is 0.509. The van der Waals surface area contributed by atoms with Crippen molar-refractivity contribution in [2.45, 2.75) is 6.92 Å². The first-order chi connectivity index (χ1) is 8.74. The van der Waals surface area contributed by atoms with Gasteiger partial charge in [-0.05, 0) is 36.1 Å². The first-order valence-corrected chi connectivity index (χ1v) is 5.60. The van der Waals surface area contributed by atoms with E-state index >= 15 is 0 Å². The summed E-state index contributed by atoms with van der Waals surface area (Å²) in [7, 11) is 0. The Morgan fingerprint density at radius 1 is 1.50 bits per heavy atom. The minimum atomic E-state index is -0.591. The molecule has 0 fully saturated rings. The van der Waals surface area contributed by atoms with Crippen LogP contribution in [-0.2, 0) is 9.53 Å². The minimum absolute atomic E-state index is 0.00255. The van der Waals surface area contributed by atoms with E-state index in [9.17, 15) is 4.79 Å². The molecule has 0 amide bonds. The lowest BCUT2D eigenvalue weighted by Gasteiger charge is -2.00. The summed E-state index contributed by atoms with van der Waals surface area (Å²) in [5.41, 5.74) is 1.75. The number of rotatable bonds is 3. The number of carbonyl (C=O) groups is 1. The molecule has 0 saturated carbocycles. The largest absolute Gasteiger partial charge is 0.462 e. The van der Waals surface area contributed by atoms with Crippen molar-refractivity contribution in [3.8, 4) is 6.07 Å². The highest BCUT2D eigenvalue weighted by Crippen LogP contribution is 2.16. The maximum atomic E-state index is 11.5. The van der Waals surface area contributed by atoms with E-state index in [4.69, 9.17) is 10.00 Å². The summed E-state index contributed by atoms with van der Waals surface area (Å²) in [6.45, 7) is 1.96. The highest BCUT2D eigenvalue weighted by Gasteiger charge is 2.09. The van der Waals surface area contributed by atoms with Gasteiger partial charge in [-0.2, -0.15) is 5.26 Å². The van der Waals surface area contributed by atoms with Gasteiger partial charge in [0.05, 0.1) is 6.61 Å². The third kappa shape index (κ3) is 2.41. The lowest BCUT2D eigenvalue weighted by Crippen LogP contribution is -2.05. The number of aromatic amines is 1. The van der Waals surface area contributed by atoms with Crippen molar-refractivity contribution in [2.75, 3.05) is 6.61 Å². The van der Waals surface area contributed by atoms with Gasteiger partial charge in [-0.1, -0.05) is 12.1 Å². The van der Waals surface area contributed by atoms with Crippen molar-refractivity contribution in [1.82, 2.24) is 4.98 Å². The number of ether oxygens (including phenoxy) is 1. The van der Waals surface area contributed by atoms with Crippen LogP contribution in [0.3, 0.4) is 0 Å². The molecule has 0 bridgehead atoms. The molecule has 90 valence electrons. The summed E-state index contributed by atoms with van der Waals surface area (Å²) in [5, 5.41) is 10.0. The first kappa shape index (κ1) is 11.9. The number of carbonyl (C=O) groups excluding carboxylic acids is 1. The van der Waals surface area contributed by atoms with Crippen LogP contribution in [0, 0.1) is 11.3 Å². The number of hydrogen-bond acceptors (Lipinski definition) is 3. The van der Waals surface area contributed by atoms with E-state index in [1.807, 2.05) is 36.5 Å². The van der Waals surface area contributed by atoms with Crippen molar-refractivity contribution in [3.63, 3.8) is 0 Å². The number of hydrogen-bond donors (Lipinski definition) is 1. The van der Waals surface area contributed by atoms with E-state index in [1.165, 1.54) is 6.08 Å². The smallest absolute Gasteiger partial charge is 0.348 e. The summed E-state index contributed by atoms with van der Waals surface area (Å²) < 4.78 is 4.80. The van der Waals surface area contributed by atoms with Crippen LogP contribution in [0.1, 0.15) is 12.5 Å². The fraction of sp³-hybridized carbons (Fsp3) is 0.143. The zero-order valence-corrected chi connectivity index (χ0v) is 9.93. The molecule has 4 nitrogen and oxygen atoms in total. The van der Waals surface area contributed by atoms with Crippen LogP contribution in [0.2, 0.25) is 0 Å². The van der Waals surface area contributed by atoms with Crippen molar-refractivity contribution in [3.05, 3.63) is 41.6 Å². The first-order valence-electron chi connectivity index (χ1n) is 5.60. The maximum Gasteiger partial charge on any atom is 0.348 e. The van der Waals surface area contributed by atoms with E-state index in [0.717, 1.165) is 16.5 Å². The lowest BCUT2D eigenvalue weighted by atomic mass is 10.1. The lowest BCUT2D eigenvalue weighted by molar-refractivity contribution is -0.137. The highest BCUT2D eigenvalue weighted by molar-refractivity contribution is 5.98. The standard InChI is InChI=1S/C14H12N2O2/c1-2-18-14(17)12(9-15)7-10-3-4-11-5-6-16-13(11)8-10/h3-8,16H,2H2,1H3/b12-7-. The molecule has 0 aliphatic heterocycles. The van der Waals surface area contributed by atoms with Gasteiger partial charge in [0, 0.05) is 11.7 Å². The van der Waals surface area contributed by atoms with Gasteiger partial charge in [0.25, 0.3) is 0 Å². The van der Waals surface area contributed by atoms with Crippen LogP contribution < -0.4 is 0 Å². The molecule has 2 rings (SSSR count). The van der Waals surface area contributed by atoms with Gasteiger partial charge < -0.3 is 9.72 Å². The van der Waals surface area contributed by atoms with Crippen molar-refractivity contribution >= 4 is 22.9 Å². The Morgan fingerprint density at radius 2 is 2.33 bits per heavy atom. The Kier molecular flexibility index (Phi) is 3.44. The van der Waals surface area contributed by atoms with Crippen LogP contribution >= 0.6 is 0 Å². The summed E-state index contributed by atoms with van der Waals surface area (Å²) in [5.74, 6) is -0.591. The molecule has 1 heterocycles. The predicted molar refractivity (Wildman–Crippen MR) is 68.5 cm³/mol. The third-order valence-corrected chi connectivity index (χ3v) is 2.51. The Balaban J connectivity index is 2.35. The predicted octanol–water partition coefficient (Wildman–Crippen LogP) is 2.64. The van der Waals surface area contributed by atoms with Crippen LogP contribution in [0.15, 0.2) is 36.0 Å². The Bertz CT molecular complexity index is 647. The molecule has 4 heteroatoms. The van der Waals surface area contributed by atoms with Crippen LogP contribution in [0.4, 0.5) is 0 Å². The number of esters is 1. The average molecular weight is 240 g/mol. The van der Waals surface area contributed by atoms with Gasteiger partial charge >= 0.3 is 5.97 Å². The highest BCUT2D eigenvalue weighted by atomic mass is 16.5. The Morgan fingerprint density at radius 3 is 3.06 bits per heavy atom. The van der Waals surface area contributed by atoms with E-state index in [1.54, 1.807) is 6.92 Å². The second-order valence-corrected chi connectivity index (χ2v) is 3.71. The van der Waals surface area contributed by atoms with Gasteiger partial charge in [-0.25, -0.2) is 4.79 Å². The number of fused-ring (bicyclic) bond motifs is 1. The molecule has 0 aliphatic rings. The van der Waals surface area contributed by atoms with E-state index in [-0.39, 0.29) is 12.2 Å². The van der Waals surface area contributed by atoms with Gasteiger partial charge in [0.2, 0.25) is 0 Å². The normalized spacial score (nSPS) is 11.2. The Hall–Kier alpha value is -2.54. The summed E-state index contributed by atoms with van der Waals surface area (Å²) >= 11 is 0. The number of benzene rings is 1. The summed E-state index contributed by atoms with van der Waals surface area (Å²) in [6, 6.07) is 9.47. The van der Waals surface area contributed by atoms with E-state index in [2.05, 4.69) is 4.98 Å². The van der Waals surface area contributed by atoms with E-state index in [0.29, 0.717) is 0 Å². The molecule has 1 N–H and O–H groups in total. The number of nitrogens with one attached hydrogen (secondary N) is 1. The molecule has 2 aromatic rings. The minimum Gasteiger partial charge on any atom is -0.462 e. The SMILES string of the molecule is CCOC(=O)/C(C#N)=C\c1ccc2cc[nH]c2c1. The number of H-pyrrole nitrogens is 1. The monoisotopic (exact) mass is 240 g/mol. The third-order valence-electron chi connectivity index (χ3n) is 2.51. The molecule has 0 radical (unpaired) electrons. The van der Waals surface area contributed by atoms with Crippen LogP contribution in [0.5, 0.6) is 0 Å². The number of aromatic nitrogens is 1. The zero-order chi connectivity index (χ0) is 13.0. The number of nitrogens with zero attached hydrogens (tertiary/aromatic N) is 1. The van der Waals surface area contributed by atoms with Gasteiger partial charge in [0.1, 0.15) is 11.6 Å². The molecule has 18 heavy (non-hydrogen) atoms. The molecule has 1 aromatic carbocycles. The molecule has 1 aromatic heterocycles. The molecule has 0 saturated heterocycles. The zero-order valence-electron chi connectivity index (χ0n) is 9.93. The second-order valence-electron chi connectivity index (χ2n) is 3.71. The van der Waals surface area contributed by atoms with Gasteiger partial charge in [-0.3, -0.25) is 0 Å². The van der Waals surface area contributed by atoms with Crippen LogP contribution in [-0.4, -0.2) is 17.6 Å². The topological polar surface area (TPSA) is 65.9 Å². The Labute approximate surface area is 104 Å². The molecule has 0 atom stereocenters. The molecular weight excluding hydrogens is 228 g/mol. The maximum absolute atomic E-state index is 11.5. The molecule has 0 aliphatic carbocycles. The molecular formula is C14H12N2O2. The average Bonchev–Trinajstić information content (AvgIpc) is 2.83. The van der Waals surface area contributed by atoms with E-state index < -0.39 is 5.97 Å². The van der Waals surface area contributed by atoms with Crippen molar-refractivity contribution in [2.24, 2.45) is 0 Å². The van der Waals surface area contributed by atoms with Gasteiger partial charge in [0.15, 0.2) is 0 Å².